The summed E-state index contributed by atoms with van der Waals surface area (Å²) in [5.41, 5.74) is 3.78. The molecule has 1 aromatic heterocycles. The van der Waals surface area contributed by atoms with Crippen molar-refractivity contribution in [3.63, 3.8) is 0 Å². The maximum atomic E-state index is 14.8. The van der Waals surface area contributed by atoms with Crippen LogP contribution >= 0.6 is 0 Å². The van der Waals surface area contributed by atoms with Crippen LogP contribution in [0.4, 0.5) is 11.4 Å². The van der Waals surface area contributed by atoms with E-state index in [2.05, 4.69) is 15.6 Å². The van der Waals surface area contributed by atoms with E-state index in [1.165, 1.54) is 0 Å². The number of para-hydroxylation sites is 1. The molecule has 53 heavy (non-hydrogen) atoms. The number of rotatable bonds is 12. The third-order valence-electron chi connectivity index (χ3n) is 10.7. The molecule has 1 saturated heterocycles. The molecule has 7 rings (SSSR count). The molecule has 274 valence electrons. The van der Waals surface area contributed by atoms with Gasteiger partial charge in [0.1, 0.15) is 5.75 Å². The topological polar surface area (TPSA) is 139 Å². The van der Waals surface area contributed by atoms with Gasteiger partial charge < -0.3 is 29.6 Å². The van der Waals surface area contributed by atoms with Gasteiger partial charge in [-0.2, -0.15) is 0 Å². The number of aromatic nitrogens is 3. The van der Waals surface area contributed by atoms with Crippen molar-refractivity contribution in [1.29, 1.82) is 0 Å². The SMILES string of the molecule is COc1ccc(C(=O)Nc2ccc(CN3C(=O)[C@]4(O[C@H](CCn5cc(C(CO)c6ccccc6)nn5)[C@@H]([Si](C)(C)O)[C@@H]4C)c4ccccc43)cc2)cc1. The number of methoxy groups -OCH3 is 1. The van der Waals surface area contributed by atoms with E-state index >= 15 is 0 Å². The van der Waals surface area contributed by atoms with Crippen molar-refractivity contribution in [2.75, 3.05) is 23.9 Å². The Hall–Kier alpha value is -5.14. The lowest BCUT2D eigenvalue weighted by Gasteiger charge is -2.32. The predicted octanol–water partition coefficient (Wildman–Crippen LogP) is 6.10. The molecule has 12 heteroatoms. The number of hydrogen-bond acceptors (Lipinski definition) is 8. The first-order chi connectivity index (χ1) is 25.5. The molecule has 0 aliphatic carbocycles. The van der Waals surface area contributed by atoms with Crippen molar-refractivity contribution in [2.24, 2.45) is 5.92 Å². The van der Waals surface area contributed by atoms with Gasteiger partial charge in [0.05, 0.1) is 43.7 Å². The molecule has 3 heterocycles. The summed E-state index contributed by atoms with van der Waals surface area (Å²) >= 11 is 0. The van der Waals surface area contributed by atoms with Crippen molar-refractivity contribution >= 4 is 31.5 Å². The van der Waals surface area contributed by atoms with Gasteiger partial charge in [-0.05, 0) is 73.1 Å². The second-order valence-corrected chi connectivity index (χ2v) is 18.5. The fraction of sp³-hybridized carbons (Fsp3) is 0.317. The molecule has 4 aromatic carbocycles. The molecule has 0 bridgehead atoms. The van der Waals surface area contributed by atoms with Crippen LogP contribution in [0.15, 0.2) is 109 Å². The monoisotopic (exact) mass is 731 g/mol. The largest absolute Gasteiger partial charge is 0.497 e. The molecule has 1 spiro atoms. The summed E-state index contributed by atoms with van der Waals surface area (Å²) in [5.74, 6) is -0.292. The Balaban J connectivity index is 1.09. The second-order valence-electron chi connectivity index (χ2n) is 14.5. The Morgan fingerprint density at radius 1 is 1.00 bits per heavy atom. The van der Waals surface area contributed by atoms with Gasteiger partial charge in [-0.15, -0.1) is 5.10 Å². The number of benzene rings is 4. The first-order valence-corrected chi connectivity index (χ1v) is 21.0. The Kier molecular flexibility index (Phi) is 10.1. The Labute approximate surface area is 310 Å². The summed E-state index contributed by atoms with van der Waals surface area (Å²) in [7, 11) is -1.28. The molecule has 1 fully saturated rings. The minimum atomic E-state index is -2.86. The third-order valence-corrected chi connectivity index (χ3v) is 13.2. The molecule has 2 amide bonds. The van der Waals surface area contributed by atoms with Gasteiger partial charge in [-0.25, -0.2) is 0 Å². The number of fused-ring (bicyclic) bond motifs is 2. The number of amides is 2. The number of carbonyl (C=O) groups excluding carboxylic acids is 2. The molecule has 5 atom stereocenters. The van der Waals surface area contributed by atoms with E-state index in [9.17, 15) is 19.5 Å². The predicted molar refractivity (Wildman–Crippen MR) is 204 cm³/mol. The number of ether oxygens (including phenoxy) is 2. The summed E-state index contributed by atoms with van der Waals surface area (Å²) < 4.78 is 13.9. The normalized spacial score (nSPS) is 21.5. The molecule has 2 aliphatic heterocycles. The van der Waals surface area contributed by atoms with Gasteiger partial charge >= 0.3 is 0 Å². The van der Waals surface area contributed by atoms with Crippen molar-refractivity contribution in [3.05, 3.63) is 137 Å². The summed E-state index contributed by atoms with van der Waals surface area (Å²) in [6.45, 7) is 6.56. The molecular formula is C41H45N5O6Si. The van der Waals surface area contributed by atoms with E-state index < -0.39 is 20.0 Å². The van der Waals surface area contributed by atoms with Crippen molar-refractivity contribution < 1.29 is 29.0 Å². The highest BCUT2D eigenvalue weighted by Crippen LogP contribution is 2.59. The smallest absolute Gasteiger partial charge is 0.264 e. The van der Waals surface area contributed by atoms with E-state index in [0.717, 1.165) is 22.4 Å². The summed E-state index contributed by atoms with van der Waals surface area (Å²) in [5, 5.41) is 21.8. The van der Waals surface area contributed by atoms with Gasteiger partial charge in [0.25, 0.3) is 11.8 Å². The van der Waals surface area contributed by atoms with Crippen LogP contribution in [0.1, 0.15) is 52.0 Å². The van der Waals surface area contributed by atoms with E-state index in [1.807, 2.05) is 105 Å². The average molecular weight is 732 g/mol. The van der Waals surface area contributed by atoms with Crippen LogP contribution in [-0.4, -0.2) is 64.8 Å². The maximum absolute atomic E-state index is 14.8. The van der Waals surface area contributed by atoms with Crippen molar-refractivity contribution in [2.45, 2.75) is 62.7 Å². The Bertz CT molecular complexity index is 2070. The average Bonchev–Trinajstić information content (AvgIpc) is 3.82. The molecule has 11 nitrogen and oxygen atoms in total. The first-order valence-electron chi connectivity index (χ1n) is 17.9. The molecule has 2 aliphatic rings. The number of aliphatic hydroxyl groups is 1. The van der Waals surface area contributed by atoms with E-state index in [1.54, 1.807) is 41.0 Å². The molecule has 3 N–H and O–H groups in total. The standard InChI is InChI=1S/C41H45N5O6Si/c1-27-38(53(3,4)50)37(22-23-45-25-35(43-44-45)33(26-47)29-10-6-5-7-11-29)52-41(27)34-12-8-9-13-36(34)46(40(41)49)24-28-14-18-31(19-15-28)42-39(48)30-16-20-32(51-2)21-17-30/h5-21,25,27,33,37-38,47,50H,22-24,26H2,1-4H3,(H,42,48)/t27-,33?,37+,38-,41+/m0/s1. The Morgan fingerprint density at radius 2 is 1.70 bits per heavy atom. The number of anilines is 2. The highest BCUT2D eigenvalue weighted by Gasteiger charge is 2.66. The van der Waals surface area contributed by atoms with E-state index in [4.69, 9.17) is 9.47 Å². The van der Waals surface area contributed by atoms with E-state index in [0.29, 0.717) is 42.2 Å². The molecule has 5 aromatic rings. The quantitative estimate of drug-likeness (QED) is 0.131. The van der Waals surface area contributed by atoms with E-state index in [-0.39, 0.29) is 35.8 Å². The number of aliphatic hydroxyl groups excluding tert-OH is 1. The molecule has 1 unspecified atom stereocenters. The van der Waals surface area contributed by atoms with Crippen molar-refractivity contribution in [1.82, 2.24) is 15.0 Å². The Morgan fingerprint density at radius 3 is 2.38 bits per heavy atom. The van der Waals surface area contributed by atoms with Crippen molar-refractivity contribution in [3.8, 4) is 5.75 Å². The van der Waals surface area contributed by atoms with Gasteiger partial charge in [0.2, 0.25) is 0 Å². The molecule has 0 radical (unpaired) electrons. The number of nitrogens with one attached hydrogen (secondary N) is 1. The van der Waals surface area contributed by atoms with Gasteiger partial charge in [0, 0.05) is 41.0 Å². The lowest BCUT2D eigenvalue weighted by molar-refractivity contribution is -0.146. The van der Waals surface area contributed by atoms with Gasteiger partial charge in [-0.3, -0.25) is 14.3 Å². The van der Waals surface area contributed by atoms with Crippen LogP contribution in [0.2, 0.25) is 18.6 Å². The van der Waals surface area contributed by atoms with Crippen LogP contribution in [-0.2, 0) is 28.2 Å². The van der Waals surface area contributed by atoms with Crippen LogP contribution in [0.5, 0.6) is 5.75 Å². The van der Waals surface area contributed by atoms with Crippen LogP contribution in [0.3, 0.4) is 0 Å². The molecule has 0 saturated carbocycles. The molecular weight excluding hydrogens is 687 g/mol. The zero-order chi connectivity index (χ0) is 37.3. The zero-order valence-corrected chi connectivity index (χ0v) is 31.3. The van der Waals surface area contributed by atoms with Gasteiger partial charge in [-0.1, -0.05) is 72.8 Å². The fourth-order valence-electron chi connectivity index (χ4n) is 8.18. The summed E-state index contributed by atoms with van der Waals surface area (Å²) in [6.07, 6.45) is 1.97. The van der Waals surface area contributed by atoms with Crippen LogP contribution in [0, 0.1) is 5.92 Å². The minimum Gasteiger partial charge on any atom is -0.497 e. The number of hydrogen-bond donors (Lipinski definition) is 3. The summed E-state index contributed by atoms with van der Waals surface area (Å²) in [6, 6.07) is 31.9. The third kappa shape index (κ3) is 6.90. The minimum absolute atomic E-state index is 0.0931. The van der Waals surface area contributed by atoms with Gasteiger partial charge in [0.15, 0.2) is 13.9 Å². The highest BCUT2D eigenvalue weighted by atomic mass is 28.4. The highest BCUT2D eigenvalue weighted by molar-refractivity contribution is 6.71. The number of carbonyl (C=O) groups is 2. The number of nitrogens with zero attached hydrogens (tertiary/aromatic N) is 4. The first kappa shape index (κ1) is 36.2. The fourth-order valence-corrected chi connectivity index (χ4v) is 10.8. The van der Waals surface area contributed by atoms with Crippen LogP contribution in [0.25, 0.3) is 0 Å². The summed E-state index contributed by atoms with van der Waals surface area (Å²) in [4.78, 5) is 41.1. The van der Waals surface area contributed by atoms with Crippen LogP contribution < -0.4 is 15.0 Å². The lowest BCUT2D eigenvalue weighted by atomic mass is 9.82. The lowest BCUT2D eigenvalue weighted by Crippen LogP contribution is -2.46. The zero-order valence-electron chi connectivity index (χ0n) is 30.3. The number of aryl methyl sites for hydroxylation is 1. The maximum Gasteiger partial charge on any atom is 0.264 e. The second kappa shape index (κ2) is 14.7.